The van der Waals surface area contributed by atoms with Gasteiger partial charge in [-0.15, -0.1) is 11.3 Å². The quantitative estimate of drug-likeness (QED) is 0.888. The highest BCUT2D eigenvalue weighted by Crippen LogP contribution is 2.32. The molecule has 5 heteroatoms. The smallest absolute Gasteiger partial charge is 0.258 e. The predicted octanol–water partition coefficient (Wildman–Crippen LogP) is 3.41. The molecule has 2 aromatic rings. The highest BCUT2D eigenvalue weighted by molar-refractivity contribution is 7.13. The number of carbonyl (C=O) groups excluding carboxylic acids is 1. The molecule has 0 unspecified atom stereocenters. The molecule has 22 heavy (non-hydrogen) atoms. The first-order valence-electron chi connectivity index (χ1n) is 7.56. The summed E-state index contributed by atoms with van der Waals surface area (Å²) >= 11 is 1.63. The van der Waals surface area contributed by atoms with Crippen LogP contribution in [0.5, 0.6) is 5.75 Å². The zero-order valence-electron chi connectivity index (χ0n) is 12.8. The molecule has 0 spiro atoms. The van der Waals surface area contributed by atoms with Crippen LogP contribution in [0.4, 0.5) is 0 Å². The fourth-order valence-corrected chi connectivity index (χ4v) is 3.14. The van der Waals surface area contributed by atoms with Crippen molar-refractivity contribution in [3.8, 4) is 16.3 Å². The Bertz CT molecular complexity index is 647. The van der Waals surface area contributed by atoms with E-state index in [4.69, 9.17) is 4.74 Å². The molecule has 1 saturated carbocycles. The van der Waals surface area contributed by atoms with Crippen LogP contribution in [0.15, 0.2) is 29.6 Å². The lowest BCUT2D eigenvalue weighted by atomic mass is 10.2. The summed E-state index contributed by atoms with van der Waals surface area (Å²) in [6.45, 7) is 4.10. The van der Waals surface area contributed by atoms with Crippen LogP contribution >= 0.6 is 11.3 Å². The van der Waals surface area contributed by atoms with Crippen LogP contribution in [0, 0.1) is 12.8 Å². The van der Waals surface area contributed by atoms with Crippen LogP contribution in [0.2, 0.25) is 0 Å². The first-order chi connectivity index (χ1) is 10.6. The maximum atomic E-state index is 11.8. The van der Waals surface area contributed by atoms with Crippen LogP contribution in [0.3, 0.4) is 0 Å². The Morgan fingerprint density at radius 3 is 2.73 bits per heavy atom. The molecule has 1 heterocycles. The number of nitrogens with one attached hydrogen (secondary N) is 1. The number of nitrogens with zero attached hydrogens (tertiary/aromatic N) is 1. The van der Waals surface area contributed by atoms with E-state index in [1.165, 1.54) is 12.8 Å². The Hall–Kier alpha value is -1.88. The largest absolute Gasteiger partial charge is 0.484 e. The first-order valence-corrected chi connectivity index (χ1v) is 8.44. The van der Waals surface area contributed by atoms with E-state index in [9.17, 15) is 4.79 Å². The van der Waals surface area contributed by atoms with E-state index in [1.54, 1.807) is 11.3 Å². The van der Waals surface area contributed by atoms with Gasteiger partial charge >= 0.3 is 0 Å². The molecule has 4 nitrogen and oxygen atoms in total. The number of carbonyl (C=O) groups is 1. The van der Waals surface area contributed by atoms with Crippen molar-refractivity contribution < 1.29 is 9.53 Å². The van der Waals surface area contributed by atoms with Crippen molar-refractivity contribution in [2.45, 2.75) is 32.7 Å². The van der Waals surface area contributed by atoms with Crippen molar-refractivity contribution in [3.05, 3.63) is 35.3 Å². The fraction of sp³-hybridized carbons (Fsp3) is 0.412. The van der Waals surface area contributed by atoms with Gasteiger partial charge < -0.3 is 10.1 Å². The molecule has 1 N–H and O–H groups in total. The number of hydrogen-bond acceptors (Lipinski definition) is 4. The average Bonchev–Trinajstić information content (AvgIpc) is 3.28. The van der Waals surface area contributed by atoms with Gasteiger partial charge in [0.25, 0.3) is 5.91 Å². The number of hydrogen-bond donors (Lipinski definition) is 1. The third kappa shape index (κ3) is 3.85. The molecule has 0 radical (unpaired) electrons. The highest BCUT2D eigenvalue weighted by Gasteiger charge is 2.28. The van der Waals surface area contributed by atoms with Crippen LogP contribution in [0.1, 0.15) is 25.5 Å². The van der Waals surface area contributed by atoms with Gasteiger partial charge in [0.05, 0.1) is 0 Å². The van der Waals surface area contributed by atoms with E-state index >= 15 is 0 Å². The highest BCUT2D eigenvalue weighted by atomic mass is 32.1. The summed E-state index contributed by atoms with van der Waals surface area (Å²) in [5.41, 5.74) is 2.10. The minimum atomic E-state index is -0.0565. The second kappa shape index (κ2) is 6.48. The average molecular weight is 316 g/mol. The maximum absolute atomic E-state index is 11.8. The summed E-state index contributed by atoms with van der Waals surface area (Å²) in [7, 11) is 0. The van der Waals surface area contributed by atoms with E-state index in [-0.39, 0.29) is 18.6 Å². The monoisotopic (exact) mass is 316 g/mol. The number of thiazole rings is 1. The number of amides is 1. The van der Waals surface area contributed by atoms with Crippen LogP contribution < -0.4 is 10.1 Å². The molecule has 3 rings (SSSR count). The second-order valence-electron chi connectivity index (χ2n) is 5.80. The van der Waals surface area contributed by atoms with Crippen LogP contribution in [0.25, 0.3) is 10.6 Å². The predicted molar refractivity (Wildman–Crippen MR) is 88.1 cm³/mol. The second-order valence-corrected chi connectivity index (χ2v) is 6.66. The fourth-order valence-electron chi connectivity index (χ4n) is 2.34. The molecule has 1 aliphatic rings. The standard InChI is InChI=1S/C17H20N2O2S/c1-11-10-22-17(18-11)14-5-7-15(8-6-14)21-9-16(20)19-12(2)13-3-4-13/h5-8,10,12-13H,3-4,9H2,1-2H3,(H,19,20)/t12-/m1/s1. The topological polar surface area (TPSA) is 51.2 Å². The zero-order valence-corrected chi connectivity index (χ0v) is 13.7. The van der Waals surface area contributed by atoms with E-state index in [0.717, 1.165) is 16.3 Å². The summed E-state index contributed by atoms with van der Waals surface area (Å²) in [4.78, 5) is 16.3. The minimum Gasteiger partial charge on any atom is -0.484 e. The Kier molecular flexibility index (Phi) is 4.43. The summed E-state index contributed by atoms with van der Waals surface area (Å²) in [5.74, 6) is 1.30. The van der Waals surface area contributed by atoms with Gasteiger partial charge in [0, 0.05) is 22.7 Å². The third-order valence-electron chi connectivity index (χ3n) is 3.81. The van der Waals surface area contributed by atoms with Crippen molar-refractivity contribution in [1.82, 2.24) is 10.3 Å². The van der Waals surface area contributed by atoms with Crippen molar-refractivity contribution in [1.29, 1.82) is 0 Å². The zero-order chi connectivity index (χ0) is 15.5. The normalized spacial score (nSPS) is 15.4. The van der Waals surface area contributed by atoms with E-state index in [0.29, 0.717) is 11.7 Å². The van der Waals surface area contributed by atoms with Gasteiger partial charge in [-0.1, -0.05) is 0 Å². The minimum absolute atomic E-state index is 0.0565. The Morgan fingerprint density at radius 1 is 1.41 bits per heavy atom. The number of rotatable bonds is 6. The van der Waals surface area contributed by atoms with Crippen molar-refractivity contribution in [2.75, 3.05) is 6.61 Å². The van der Waals surface area contributed by atoms with Gasteiger partial charge in [-0.05, 0) is 56.9 Å². The molecule has 0 saturated heterocycles. The molecule has 1 aromatic heterocycles. The summed E-state index contributed by atoms with van der Waals surface area (Å²) < 4.78 is 5.54. The van der Waals surface area contributed by atoms with Crippen LogP contribution in [-0.2, 0) is 4.79 Å². The first kappa shape index (κ1) is 15.0. The van der Waals surface area contributed by atoms with Crippen molar-refractivity contribution >= 4 is 17.2 Å². The van der Waals surface area contributed by atoms with Gasteiger partial charge in [-0.25, -0.2) is 4.98 Å². The Labute approximate surface area is 134 Å². The molecule has 1 atom stereocenters. The third-order valence-corrected chi connectivity index (χ3v) is 4.82. The number of aryl methyl sites for hydroxylation is 1. The Morgan fingerprint density at radius 2 is 2.14 bits per heavy atom. The lowest BCUT2D eigenvalue weighted by Crippen LogP contribution is -2.37. The van der Waals surface area contributed by atoms with E-state index in [2.05, 4.69) is 17.2 Å². The van der Waals surface area contributed by atoms with Gasteiger partial charge in [0.2, 0.25) is 0 Å². The van der Waals surface area contributed by atoms with Crippen molar-refractivity contribution in [3.63, 3.8) is 0 Å². The molecule has 116 valence electrons. The summed E-state index contributed by atoms with van der Waals surface area (Å²) in [6, 6.07) is 7.95. The molecular weight excluding hydrogens is 296 g/mol. The summed E-state index contributed by atoms with van der Waals surface area (Å²) in [5, 5.41) is 6.01. The lowest BCUT2D eigenvalue weighted by Gasteiger charge is -2.13. The van der Waals surface area contributed by atoms with Crippen LogP contribution in [-0.4, -0.2) is 23.5 Å². The molecule has 1 fully saturated rings. The molecule has 0 aliphatic heterocycles. The molecule has 1 aliphatic carbocycles. The molecular formula is C17H20N2O2S. The van der Waals surface area contributed by atoms with Crippen molar-refractivity contribution in [2.24, 2.45) is 5.92 Å². The molecule has 1 aromatic carbocycles. The van der Waals surface area contributed by atoms with E-state index < -0.39 is 0 Å². The lowest BCUT2D eigenvalue weighted by molar-refractivity contribution is -0.123. The number of benzene rings is 1. The molecule has 1 amide bonds. The van der Waals surface area contributed by atoms with Gasteiger partial charge in [0.1, 0.15) is 10.8 Å². The number of aromatic nitrogens is 1. The molecule has 0 bridgehead atoms. The Balaban J connectivity index is 1.51. The SMILES string of the molecule is Cc1csc(-c2ccc(OCC(=O)N[C@H](C)C3CC3)cc2)n1. The summed E-state index contributed by atoms with van der Waals surface area (Å²) in [6.07, 6.45) is 2.44. The van der Waals surface area contributed by atoms with Gasteiger partial charge in [0.15, 0.2) is 6.61 Å². The maximum Gasteiger partial charge on any atom is 0.258 e. The van der Waals surface area contributed by atoms with Gasteiger partial charge in [-0.3, -0.25) is 4.79 Å². The van der Waals surface area contributed by atoms with Gasteiger partial charge in [-0.2, -0.15) is 0 Å². The van der Waals surface area contributed by atoms with E-state index in [1.807, 2.05) is 36.6 Å². The number of ether oxygens (including phenoxy) is 1.